The molecule has 0 bridgehead atoms. The van der Waals surface area contributed by atoms with E-state index in [1.807, 2.05) is 44.2 Å². The Labute approximate surface area is 243 Å². The Morgan fingerprint density at radius 3 is 2.21 bits per heavy atom. The van der Waals surface area contributed by atoms with Gasteiger partial charge in [0.15, 0.2) is 0 Å². The molecule has 0 saturated carbocycles. The van der Waals surface area contributed by atoms with Crippen LogP contribution >= 0.6 is 35.0 Å². The largest absolute Gasteiger partial charge is 0.352 e. The molecular weight excluding hydrogens is 557 g/mol. The first-order valence-corrected chi connectivity index (χ1v) is 14.5. The Morgan fingerprint density at radius 1 is 0.974 bits per heavy atom. The maximum absolute atomic E-state index is 13.7. The summed E-state index contributed by atoms with van der Waals surface area (Å²) >= 11 is 14.3. The summed E-state index contributed by atoms with van der Waals surface area (Å²) in [5.41, 5.74) is 2.36. The Morgan fingerprint density at radius 2 is 1.62 bits per heavy atom. The van der Waals surface area contributed by atoms with Crippen LogP contribution in [-0.4, -0.2) is 39.5 Å². The molecule has 39 heavy (non-hydrogen) atoms. The maximum Gasteiger partial charge on any atom is 0.269 e. The van der Waals surface area contributed by atoms with Crippen molar-refractivity contribution in [3.05, 3.63) is 110 Å². The molecule has 0 aromatic heterocycles. The van der Waals surface area contributed by atoms with Crippen LogP contribution in [0.15, 0.2) is 72.8 Å². The monoisotopic (exact) mass is 587 g/mol. The van der Waals surface area contributed by atoms with E-state index < -0.39 is 11.0 Å². The number of thioether (sulfide) groups is 1. The van der Waals surface area contributed by atoms with Gasteiger partial charge in [0.25, 0.3) is 5.69 Å². The van der Waals surface area contributed by atoms with Crippen molar-refractivity contribution in [3.63, 3.8) is 0 Å². The van der Waals surface area contributed by atoms with Crippen LogP contribution in [-0.2, 0) is 28.3 Å². The smallest absolute Gasteiger partial charge is 0.269 e. The van der Waals surface area contributed by atoms with Gasteiger partial charge in [-0.25, -0.2) is 0 Å². The van der Waals surface area contributed by atoms with E-state index in [9.17, 15) is 19.7 Å². The fraction of sp³-hybridized carbons (Fsp3) is 0.310. The number of nitrogens with zero attached hydrogens (tertiary/aromatic N) is 2. The summed E-state index contributed by atoms with van der Waals surface area (Å²) in [5, 5.41) is 14.8. The molecule has 0 heterocycles. The van der Waals surface area contributed by atoms with E-state index in [1.165, 1.54) is 23.9 Å². The molecule has 2 atom stereocenters. The van der Waals surface area contributed by atoms with E-state index in [4.69, 9.17) is 23.2 Å². The molecule has 3 rings (SSSR count). The van der Waals surface area contributed by atoms with Crippen LogP contribution in [0, 0.1) is 10.1 Å². The summed E-state index contributed by atoms with van der Waals surface area (Å²) in [6, 6.07) is 20.1. The molecule has 0 saturated heterocycles. The molecule has 3 aromatic rings. The van der Waals surface area contributed by atoms with Crippen LogP contribution in [0.25, 0.3) is 0 Å². The van der Waals surface area contributed by atoms with E-state index in [0.29, 0.717) is 27.8 Å². The quantitative estimate of drug-likeness (QED) is 0.177. The highest BCUT2D eigenvalue weighted by atomic mass is 35.5. The van der Waals surface area contributed by atoms with Crippen LogP contribution in [0.4, 0.5) is 5.69 Å². The number of hydrogen-bond acceptors (Lipinski definition) is 5. The minimum Gasteiger partial charge on any atom is -0.352 e. The zero-order valence-corrected chi connectivity index (χ0v) is 24.1. The van der Waals surface area contributed by atoms with Gasteiger partial charge in [-0.05, 0) is 36.6 Å². The second-order valence-electron chi connectivity index (χ2n) is 9.16. The predicted molar refractivity (Wildman–Crippen MR) is 158 cm³/mol. The SMILES string of the molecule is CC[C@H](C)NC(=O)[C@@H](Cc1ccccc1)N(Cc1c(Cl)cccc1Cl)C(=O)CSCc1ccc([N+](=O)[O-])cc1. The van der Waals surface area contributed by atoms with Crippen LogP contribution in [0.3, 0.4) is 0 Å². The number of carbonyl (C=O) groups is 2. The van der Waals surface area contributed by atoms with Gasteiger partial charge in [-0.1, -0.05) is 78.7 Å². The van der Waals surface area contributed by atoms with Crippen LogP contribution in [0.1, 0.15) is 37.0 Å². The number of amides is 2. The van der Waals surface area contributed by atoms with Gasteiger partial charge >= 0.3 is 0 Å². The standard InChI is InChI=1S/C29H31Cl2N3O4S/c1-3-20(2)32-29(36)27(16-21-8-5-4-6-9-21)33(17-24-25(30)10-7-11-26(24)31)28(35)19-39-18-22-12-14-23(15-13-22)34(37)38/h4-15,20,27H,3,16-19H2,1-2H3,(H,32,36)/t20-,27+/m0/s1. The molecule has 0 fully saturated rings. The van der Waals surface area contributed by atoms with Crippen molar-refractivity contribution in [3.8, 4) is 0 Å². The molecule has 0 aliphatic rings. The molecule has 10 heteroatoms. The molecule has 1 N–H and O–H groups in total. The fourth-order valence-electron chi connectivity index (χ4n) is 3.90. The Kier molecular flexibility index (Phi) is 11.7. The molecule has 7 nitrogen and oxygen atoms in total. The molecule has 3 aromatic carbocycles. The number of hydrogen-bond donors (Lipinski definition) is 1. The van der Waals surface area contributed by atoms with Crippen molar-refractivity contribution in [2.45, 2.75) is 51.1 Å². The Hall–Kier alpha value is -3.07. The van der Waals surface area contributed by atoms with Crippen LogP contribution < -0.4 is 5.32 Å². The van der Waals surface area contributed by atoms with Gasteiger partial charge in [0.1, 0.15) is 6.04 Å². The summed E-state index contributed by atoms with van der Waals surface area (Å²) in [5.74, 6) is 0.0941. The maximum atomic E-state index is 13.7. The lowest BCUT2D eigenvalue weighted by Crippen LogP contribution is -2.52. The topological polar surface area (TPSA) is 92.6 Å². The van der Waals surface area contributed by atoms with Crippen LogP contribution in [0.2, 0.25) is 10.0 Å². The number of non-ortho nitro benzene ring substituents is 1. The third-order valence-corrected chi connectivity index (χ3v) is 8.00. The van der Waals surface area contributed by atoms with Crippen molar-refractivity contribution in [1.29, 1.82) is 0 Å². The fourth-order valence-corrected chi connectivity index (χ4v) is 5.29. The highest BCUT2D eigenvalue weighted by Crippen LogP contribution is 2.28. The molecule has 0 aliphatic carbocycles. The first-order chi connectivity index (χ1) is 18.7. The number of carbonyl (C=O) groups excluding carboxylic acids is 2. The molecule has 2 amide bonds. The number of nitro benzene ring substituents is 1. The summed E-state index contributed by atoms with van der Waals surface area (Å²) in [4.78, 5) is 39.3. The van der Waals surface area contributed by atoms with Gasteiger partial charge in [0.2, 0.25) is 11.8 Å². The average molecular weight is 589 g/mol. The van der Waals surface area contributed by atoms with E-state index in [2.05, 4.69) is 5.32 Å². The lowest BCUT2D eigenvalue weighted by molar-refractivity contribution is -0.384. The number of rotatable bonds is 13. The summed E-state index contributed by atoms with van der Waals surface area (Å²) < 4.78 is 0. The molecule has 0 spiro atoms. The lowest BCUT2D eigenvalue weighted by atomic mass is 10.0. The van der Waals surface area contributed by atoms with E-state index in [0.717, 1.165) is 17.5 Å². The molecule has 0 aliphatic heterocycles. The highest BCUT2D eigenvalue weighted by molar-refractivity contribution is 7.99. The van der Waals surface area contributed by atoms with Crippen molar-refractivity contribution >= 4 is 52.5 Å². The predicted octanol–water partition coefficient (Wildman–Crippen LogP) is 6.69. The zero-order chi connectivity index (χ0) is 28.4. The first kappa shape index (κ1) is 30.5. The summed E-state index contributed by atoms with van der Waals surface area (Å²) in [6.07, 6.45) is 1.07. The van der Waals surface area contributed by atoms with Gasteiger partial charge in [0.05, 0.1) is 10.7 Å². The van der Waals surface area contributed by atoms with Gasteiger partial charge in [0, 0.05) is 52.5 Å². The summed E-state index contributed by atoms with van der Waals surface area (Å²) in [6.45, 7) is 3.98. The second-order valence-corrected chi connectivity index (χ2v) is 11.0. The molecule has 0 unspecified atom stereocenters. The minimum atomic E-state index is -0.791. The van der Waals surface area contributed by atoms with Gasteiger partial charge in [-0.3, -0.25) is 19.7 Å². The molecule has 0 radical (unpaired) electrons. The molecule has 206 valence electrons. The van der Waals surface area contributed by atoms with Crippen molar-refractivity contribution in [2.24, 2.45) is 0 Å². The number of nitro groups is 1. The first-order valence-electron chi connectivity index (χ1n) is 12.6. The van der Waals surface area contributed by atoms with Crippen molar-refractivity contribution in [2.75, 3.05) is 5.75 Å². The molecular formula is C29H31Cl2N3O4S. The van der Waals surface area contributed by atoms with Gasteiger partial charge in [-0.15, -0.1) is 11.8 Å². The third-order valence-electron chi connectivity index (χ3n) is 6.30. The minimum absolute atomic E-state index is 0.0127. The van der Waals surface area contributed by atoms with E-state index >= 15 is 0 Å². The van der Waals surface area contributed by atoms with Crippen molar-refractivity contribution < 1.29 is 14.5 Å². The number of halogens is 2. The van der Waals surface area contributed by atoms with Crippen molar-refractivity contribution in [1.82, 2.24) is 10.2 Å². The Balaban J connectivity index is 1.88. The lowest BCUT2D eigenvalue weighted by Gasteiger charge is -2.32. The van der Waals surface area contributed by atoms with E-state index in [1.54, 1.807) is 35.2 Å². The zero-order valence-electron chi connectivity index (χ0n) is 21.8. The second kappa shape index (κ2) is 14.9. The van der Waals surface area contributed by atoms with Gasteiger partial charge in [-0.2, -0.15) is 0 Å². The highest BCUT2D eigenvalue weighted by Gasteiger charge is 2.31. The van der Waals surface area contributed by atoms with Gasteiger partial charge < -0.3 is 10.2 Å². The normalized spacial score (nSPS) is 12.4. The number of benzene rings is 3. The Bertz CT molecular complexity index is 1260. The van der Waals surface area contributed by atoms with Crippen LogP contribution in [0.5, 0.6) is 0 Å². The van der Waals surface area contributed by atoms with E-state index in [-0.39, 0.29) is 35.8 Å². The number of nitrogens with one attached hydrogen (secondary N) is 1. The summed E-state index contributed by atoms with van der Waals surface area (Å²) in [7, 11) is 0. The third kappa shape index (κ3) is 8.98. The average Bonchev–Trinajstić information content (AvgIpc) is 2.92.